The molecular weight excluding hydrogens is 380 g/mol. The van der Waals surface area contributed by atoms with Crippen LogP contribution >= 0.6 is 0 Å². The number of Topliss-reactive ketones (excluding diaryl/α,β-unsaturated/α-hetero) is 1. The molecule has 0 spiro atoms. The summed E-state index contributed by atoms with van der Waals surface area (Å²) in [6.07, 6.45) is -2.44. The van der Waals surface area contributed by atoms with Gasteiger partial charge in [0.1, 0.15) is 18.3 Å². The fraction of sp³-hybridized carbons (Fsp3) is 0.368. The monoisotopic (exact) mass is 398 g/mol. The Kier molecular flexibility index (Phi) is 4.28. The highest BCUT2D eigenvalue weighted by atomic mass is 16.8. The third kappa shape index (κ3) is 2.88. The summed E-state index contributed by atoms with van der Waals surface area (Å²) in [5, 5.41) is 9.81. The molecular formula is C19H18N4O6. The Morgan fingerprint density at radius 3 is 2.69 bits per heavy atom. The minimum Gasteiger partial charge on any atom is -0.386 e. The lowest BCUT2D eigenvalue weighted by Gasteiger charge is -2.21. The lowest BCUT2D eigenvalue weighted by Crippen LogP contribution is -2.39. The zero-order valence-electron chi connectivity index (χ0n) is 15.3. The maximum Gasteiger partial charge on any atom is 0.278 e. The van der Waals surface area contributed by atoms with Crippen molar-refractivity contribution < 1.29 is 24.1 Å². The lowest BCUT2D eigenvalue weighted by molar-refractivity contribution is -0.164. The first-order valence-corrected chi connectivity index (χ1v) is 9.18. The van der Waals surface area contributed by atoms with E-state index in [-0.39, 0.29) is 11.1 Å². The average Bonchev–Trinajstić information content (AvgIpc) is 3.42. The van der Waals surface area contributed by atoms with Crippen molar-refractivity contribution in [2.45, 2.75) is 43.9 Å². The molecule has 2 saturated heterocycles. The van der Waals surface area contributed by atoms with Gasteiger partial charge in [-0.25, -0.2) is 9.97 Å². The molecule has 0 bridgehead atoms. The number of hydrogen-bond acceptors (Lipinski definition) is 8. The van der Waals surface area contributed by atoms with Gasteiger partial charge >= 0.3 is 0 Å². The van der Waals surface area contributed by atoms with Crippen LogP contribution in [0.1, 0.15) is 25.0 Å². The highest BCUT2D eigenvalue weighted by Crippen LogP contribution is 2.45. The summed E-state index contributed by atoms with van der Waals surface area (Å²) in [6.45, 7) is 1.38. The molecule has 2 fully saturated rings. The molecule has 29 heavy (non-hydrogen) atoms. The van der Waals surface area contributed by atoms with Crippen LogP contribution in [-0.2, 0) is 19.0 Å². The van der Waals surface area contributed by atoms with Crippen LogP contribution in [0, 0.1) is 0 Å². The molecule has 6 atom stereocenters. The van der Waals surface area contributed by atoms with Crippen molar-refractivity contribution in [1.29, 1.82) is 0 Å². The number of imidazole rings is 1. The zero-order chi connectivity index (χ0) is 20.1. The van der Waals surface area contributed by atoms with Crippen molar-refractivity contribution in [3.05, 3.63) is 58.9 Å². The van der Waals surface area contributed by atoms with Gasteiger partial charge in [-0.3, -0.25) is 14.2 Å². The van der Waals surface area contributed by atoms with Crippen LogP contribution in [0.25, 0.3) is 11.2 Å². The molecule has 4 heterocycles. The summed E-state index contributed by atoms with van der Waals surface area (Å²) >= 11 is 0. The molecule has 2 aliphatic heterocycles. The van der Waals surface area contributed by atoms with Crippen LogP contribution in [0.5, 0.6) is 0 Å². The van der Waals surface area contributed by atoms with Gasteiger partial charge < -0.3 is 24.3 Å². The number of H-pyrrole nitrogens is 1. The van der Waals surface area contributed by atoms with Gasteiger partial charge in [-0.2, -0.15) is 0 Å². The van der Waals surface area contributed by atoms with Crippen LogP contribution in [0.15, 0.2) is 47.8 Å². The van der Waals surface area contributed by atoms with E-state index in [0.29, 0.717) is 5.65 Å². The second-order valence-electron chi connectivity index (χ2n) is 7.03. The molecule has 2 N–H and O–H groups in total. The van der Waals surface area contributed by atoms with Gasteiger partial charge in [0.2, 0.25) is 0 Å². The van der Waals surface area contributed by atoms with Crippen molar-refractivity contribution in [1.82, 2.24) is 19.5 Å². The van der Waals surface area contributed by atoms with Crippen molar-refractivity contribution in [2.24, 2.45) is 0 Å². The fourth-order valence-corrected chi connectivity index (χ4v) is 3.76. The Balaban J connectivity index is 1.54. The number of nitrogens with one attached hydrogen (secondary N) is 1. The standard InChI is InChI=1S/C19H18N4O6/c1-9(24)12(25)13-14-15(29-19(28-14)10-5-3-2-4-6-10)18(27-13)23-8-22-11-16(23)20-7-21-17(11)26/h2-9,13-15,18-19,24H,1H3,(H,20,21,26)/t9?,13-,14-,15-,18-,19?/m1/s1. The third-order valence-electron chi connectivity index (χ3n) is 5.15. The van der Waals surface area contributed by atoms with Crippen LogP contribution < -0.4 is 5.56 Å². The first kappa shape index (κ1) is 18.1. The molecule has 1 aromatic carbocycles. The molecule has 2 aromatic heterocycles. The number of ketones is 1. The number of rotatable bonds is 4. The number of carbonyl (C=O) groups excluding carboxylic acids is 1. The second-order valence-corrected chi connectivity index (χ2v) is 7.03. The second kappa shape index (κ2) is 6.85. The predicted molar refractivity (Wildman–Crippen MR) is 97.7 cm³/mol. The van der Waals surface area contributed by atoms with E-state index in [1.807, 2.05) is 30.3 Å². The third-order valence-corrected chi connectivity index (χ3v) is 5.15. The number of aromatic amines is 1. The van der Waals surface area contributed by atoms with E-state index < -0.39 is 42.7 Å². The van der Waals surface area contributed by atoms with E-state index in [1.165, 1.54) is 19.6 Å². The Hall–Kier alpha value is -2.92. The smallest absolute Gasteiger partial charge is 0.278 e. The Morgan fingerprint density at radius 1 is 1.17 bits per heavy atom. The first-order valence-electron chi connectivity index (χ1n) is 9.18. The minimum absolute atomic E-state index is 0.150. The Labute approximate surface area is 164 Å². The summed E-state index contributed by atoms with van der Waals surface area (Å²) in [5.74, 6) is -0.505. The van der Waals surface area contributed by atoms with Crippen LogP contribution in [0.3, 0.4) is 0 Å². The molecule has 0 saturated carbocycles. The van der Waals surface area contributed by atoms with E-state index in [0.717, 1.165) is 5.56 Å². The van der Waals surface area contributed by atoms with Crippen molar-refractivity contribution in [3.8, 4) is 0 Å². The average molecular weight is 398 g/mol. The van der Waals surface area contributed by atoms with Gasteiger partial charge in [-0.15, -0.1) is 0 Å². The number of aliphatic hydroxyl groups is 1. The number of hydrogen-bond donors (Lipinski definition) is 2. The number of ether oxygens (including phenoxy) is 3. The first-order chi connectivity index (χ1) is 14.0. The number of aliphatic hydroxyl groups excluding tert-OH is 1. The molecule has 2 unspecified atom stereocenters. The molecule has 0 radical (unpaired) electrons. The van der Waals surface area contributed by atoms with Gasteiger partial charge in [-0.1, -0.05) is 30.3 Å². The molecule has 5 rings (SSSR count). The molecule has 150 valence electrons. The lowest BCUT2D eigenvalue weighted by atomic mass is 10.0. The summed E-state index contributed by atoms with van der Waals surface area (Å²) in [6, 6.07) is 9.33. The van der Waals surface area contributed by atoms with E-state index in [4.69, 9.17) is 14.2 Å². The summed E-state index contributed by atoms with van der Waals surface area (Å²) in [7, 11) is 0. The predicted octanol–water partition coefficient (Wildman–Crippen LogP) is 0.450. The van der Waals surface area contributed by atoms with Gasteiger partial charge in [0.05, 0.1) is 12.7 Å². The number of fused-ring (bicyclic) bond motifs is 2. The number of aromatic nitrogens is 4. The summed E-state index contributed by atoms with van der Waals surface area (Å²) in [5.41, 5.74) is 0.866. The molecule has 10 nitrogen and oxygen atoms in total. The molecule has 0 aliphatic carbocycles. The van der Waals surface area contributed by atoms with E-state index in [2.05, 4.69) is 15.0 Å². The zero-order valence-corrected chi connectivity index (χ0v) is 15.3. The Morgan fingerprint density at radius 2 is 1.93 bits per heavy atom. The largest absolute Gasteiger partial charge is 0.386 e. The van der Waals surface area contributed by atoms with Gasteiger partial charge in [0, 0.05) is 5.56 Å². The van der Waals surface area contributed by atoms with Crippen molar-refractivity contribution >= 4 is 16.9 Å². The van der Waals surface area contributed by atoms with Crippen LogP contribution in [0.2, 0.25) is 0 Å². The highest BCUT2D eigenvalue weighted by molar-refractivity contribution is 5.88. The van der Waals surface area contributed by atoms with E-state index >= 15 is 0 Å². The van der Waals surface area contributed by atoms with Crippen molar-refractivity contribution in [3.63, 3.8) is 0 Å². The Bertz CT molecular complexity index is 1110. The highest BCUT2D eigenvalue weighted by Gasteiger charge is 2.56. The molecule has 10 heteroatoms. The topological polar surface area (TPSA) is 129 Å². The maximum absolute atomic E-state index is 12.6. The summed E-state index contributed by atoms with van der Waals surface area (Å²) in [4.78, 5) is 35.3. The number of nitrogens with zero attached hydrogens (tertiary/aromatic N) is 3. The summed E-state index contributed by atoms with van der Waals surface area (Å²) < 4.78 is 19.6. The maximum atomic E-state index is 12.6. The van der Waals surface area contributed by atoms with Crippen LogP contribution in [0.4, 0.5) is 0 Å². The van der Waals surface area contributed by atoms with Gasteiger partial charge in [0.15, 0.2) is 35.6 Å². The number of benzene rings is 1. The number of carbonyl (C=O) groups is 1. The molecule has 2 aliphatic rings. The van der Waals surface area contributed by atoms with E-state index in [9.17, 15) is 14.7 Å². The fourth-order valence-electron chi connectivity index (χ4n) is 3.76. The molecule has 0 amide bonds. The molecule has 3 aromatic rings. The van der Waals surface area contributed by atoms with E-state index in [1.54, 1.807) is 4.57 Å². The minimum atomic E-state index is -1.22. The SMILES string of the molecule is CC(O)C(=O)[C@H]1O[C@@H](n2cnc3c(=O)[nH]cnc32)[C@@H]2OC(c3ccccc3)O[C@@H]21. The van der Waals surface area contributed by atoms with Crippen LogP contribution in [-0.4, -0.2) is 54.8 Å². The normalized spacial score (nSPS) is 29.8. The van der Waals surface area contributed by atoms with Gasteiger partial charge in [0.25, 0.3) is 5.56 Å². The quantitative estimate of drug-likeness (QED) is 0.648. The van der Waals surface area contributed by atoms with Gasteiger partial charge in [-0.05, 0) is 6.92 Å². The van der Waals surface area contributed by atoms with Crippen molar-refractivity contribution in [2.75, 3.05) is 0 Å².